The zero-order chi connectivity index (χ0) is 15.8. The second-order valence-corrected chi connectivity index (χ2v) is 8.62. The van der Waals surface area contributed by atoms with Crippen molar-refractivity contribution >= 4 is 43.1 Å². The number of hydrogen-bond donors (Lipinski definition) is 1. The van der Waals surface area contributed by atoms with Crippen molar-refractivity contribution in [2.24, 2.45) is 0 Å². The first-order chi connectivity index (χ1) is 9.70. The van der Waals surface area contributed by atoms with E-state index >= 15 is 0 Å². The lowest BCUT2D eigenvalue weighted by atomic mass is 10.2. The van der Waals surface area contributed by atoms with E-state index in [4.69, 9.17) is 5.11 Å². The normalized spacial score (nSPS) is 11.6. The van der Waals surface area contributed by atoms with Gasteiger partial charge in [-0.2, -0.15) is 0 Å². The molecular weight excluding hydrogens is 378 g/mol. The predicted molar refractivity (Wildman–Crippen MR) is 83.6 cm³/mol. The summed E-state index contributed by atoms with van der Waals surface area (Å²) in [5.41, 5.74) is 0.557. The van der Waals surface area contributed by atoms with Gasteiger partial charge in [-0.1, -0.05) is 15.9 Å². The second kappa shape index (κ2) is 5.86. The number of carboxylic acids is 1. The fourth-order valence-electron chi connectivity index (χ4n) is 1.77. The number of nitrogens with zero attached hydrogens (tertiary/aromatic N) is 1. The lowest BCUT2D eigenvalue weighted by molar-refractivity contribution is 0.0692. The molecule has 0 saturated carbocycles. The number of aromatic nitrogens is 1. The maximum absolute atomic E-state index is 12.5. The van der Waals surface area contributed by atoms with Crippen LogP contribution < -0.4 is 0 Å². The first-order valence-electron chi connectivity index (χ1n) is 5.89. The Morgan fingerprint density at radius 2 is 2.05 bits per heavy atom. The summed E-state index contributed by atoms with van der Waals surface area (Å²) in [5, 5.41) is 9.60. The van der Waals surface area contributed by atoms with Gasteiger partial charge in [-0.05, 0) is 32.0 Å². The molecule has 0 bridgehead atoms. The fraction of sp³-hybridized carbons (Fsp3) is 0.231. The first-order valence-corrected chi connectivity index (χ1v) is 9.15. The number of aromatic carboxylic acids is 1. The summed E-state index contributed by atoms with van der Waals surface area (Å²) in [4.78, 5) is 16.1. The molecule has 0 radical (unpaired) electrons. The van der Waals surface area contributed by atoms with Gasteiger partial charge in [-0.15, -0.1) is 11.3 Å². The van der Waals surface area contributed by atoms with Gasteiger partial charge in [0.1, 0.15) is 10.8 Å². The molecule has 1 N–H and O–H groups in total. The maximum atomic E-state index is 12.5. The van der Waals surface area contributed by atoms with Crippen molar-refractivity contribution in [2.75, 3.05) is 0 Å². The molecule has 0 saturated heterocycles. The van der Waals surface area contributed by atoms with E-state index in [-0.39, 0.29) is 16.2 Å². The minimum Gasteiger partial charge on any atom is -0.478 e. The molecule has 0 aliphatic rings. The third kappa shape index (κ3) is 3.50. The molecule has 0 atom stereocenters. The third-order valence-corrected chi connectivity index (χ3v) is 6.31. The lowest BCUT2D eigenvalue weighted by Gasteiger charge is -2.07. The minimum absolute atomic E-state index is 0.199. The standard InChI is InChI=1S/C13H12BrNO4S2/c1-7-8(2)20-12(15-7)6-21(18,19)11-5-9(14)3-4-10(11)13(16)17/h3-5H,6H2,1-2H3,(H,16,17). The zero-order valence-electron chi connectivity index (χ0n) is 11.3. The van der Waals surface area contributed by atoms with Crippen molar-refractivity contribution in [2.45, 2.75) is 24.5 Å². The lowest BCUT2D eigenvalue weighted by Crippen LogP contribution is -2.11. The summed E-state index contributed by atoms with van der Waals surface area (Å²) in [7, 11) is -3.78. The van der Waals surface area contributed by atoms with E-state index in [2.05, 4.69) is 20.9 Å². The number of carbonyl (C=O) groups is 1. The quantitative estimate of drug-likeness (QED) is 0.867. The number of sulfone groups is 1. The van der Waals surface area contributed by atoms with Gasteiger partial charge in [0.05, 0.1) is 16.2 Å². The maximum Gasteiger partial charge on any atom is 0.337 e. The summed E-state index contributed by atoms with van der Waals surface area (Å²) < 4.78 is 25.5. The Morgan fingerprint density at radius 3 is 2.57 bits per heavy atom. The Hall–Kier alpha value is -1.25. The number of carboxylic acid groups (broad SMARTS) is 1. The second-order valence-electron chi connectivity index (χ2n) is 4.45. The van der Waals surface area contributed by atoms with Gasteiger partial charge in [-0.25, -0.2) is 18.2 Å². The van der Waals surface area contributed by atoms with Crippen LogP contribution in [0.1, 0.15) is 25.9 Å². The van der Waals surface area contributed by atoms with E-state index in [1.54, 1.807) is 0 Å². The Morgan fingerprint density at radius 1 is 1.38 bits per heavy atom. The van der Waals surface area contributed by atoms with E-state index in [1.807, 2.05) is 13.8 Å². The molecule has 0 spiro atoms. The number of hydrogen-bond acceptors (Lipinski definition) is 5. The number of thiazole rings is 1. The molecule has 0 aliphatic heterocycles. The fourth-order valence-corrected chi connectivity index (χ4v) is 5.06. The Labute approximate surface area is 134 Å². The van der Waals surface area contributed by atoms with Gasteiger partial charge in [0.15, 0.2) is 9.84 Å². The molecular formula is C13H12BrNO4S2. The van der Waals surface area contributed by atoms with E-state index < -0.39 is 15.8 Å². The molecule has 1 heterocycles. The predicted octanol–water partition coefficient (Wildman–Crippen LogP) is 3.19. The molecule has 2 rings (SSSR count). The number of benzene rings is 1. The molecule has 1 aromatic carbocycles. The van der Waals surface area contributed by atoms with Gasteiger partial charge in [0.25, 0.3) is 0 Å². The summed E-state index contributed by atoms with van der Waals surface area (Å²) in [6, 6.07) is 4.09. The van der Waals surface area contributed by atoms with E-state index in [0.29, 0.717) is 9.48 Å². The SMILES string of the molecule is Cc1nc(CS(=O)(=O)c2cc(Br)ccc2C(=O)O)sc1C. The van der Waals surface area contributed by atoms with Crippen LogP contribution in [0.4, 0.5) is 0 Å². The van der Waals surface area contributed by atoms with E-state index in [1.165, 1.54) is 29.5 Å². The highest BCUT2D eigenvalue weighted by molar-refractivity contribution is 9.10. The molecule has 0 unspecified atom stereocenters. The Balaban J connectivity index is 2.49. The van der Waals surface area contributed by atoms with Crippen LogP contribution in [0.2, 0.25) is 0 Å². The molecule has 2 aromatic rings. The van der Waals surface area contributed by atoms with Gasteiger partial charge in [0, 0.05) is 9.35 Å². The van der Waals surface area contributed by atoms with Crippen molar-refractivity contribution in [1.82, 2.24) is 4.98 Å². The van der Waals surface area contributed by atoms with Crippen molar-refractivity contribution < 1.29 is 18.3 Å². The molecule has 1 aromatic heterocycles. The van der Waals surface area contributed by atoms with Crippen LogP contribution in [0.3, 0.4) is 0 Å². The first kappa shape index (κ1) is 16.1. The van der Waals surface area contributed by atoms with Gasteiger partial charge < -0.3 is 5.11 Å². The summed E-state index contributed by atoms with van der Waals surface area (Å²) >= 11 is 4.47. The average Bonchev–Trinajstić information content (AvgIpc) is 2.66. The van der Waals surface area contributed by atoms with Crippen molar-refractivity contribution in [1.29, 1.82) is 0 Å². The average molecular weight is 390 g/mol. The van der Waals surface area contributed by atoms with Crippen LogP contribution in [-0.2, 0) is 15.6 Å². The van der Waals surface area contributed by atoms with Gasteiger partial charge in [-0.3, -0.25) is 0 Å². The Bertz CT molecular complexity index is 792. The van der Waals surface area contributed by atoms with Crippen LogP contribution in [0.5, 0.6) is 0 Å². The molecule has 112 valence electrons. The smallest absolute Gasteiger partial charge is 0.337 e. The van der Waals surface area contributed by atoms with Crippen LogP contribution in [0.25, 0.3) is 0 Å². The van der Waals surface area contributed by atoms with Crippen LogP contribution in [0.15, 0.2) is 27.6 Å². The van der Waals surface area contributed by atoms with E-state index in [0.717, 1.165) is 10.6 Å². The number of halogens is 1. The highest BCUT2D eigenvalue weighted by Gasteiger charge is 2.24. The van der Waals surface area contributed by atoms with Crippen molar-refractivity contribution in [3.8, 4) is 0 Å². The van der Waals surface area contributed by atoms with Crippen LogP contribution in [-0.4, -0.2) is 24.5 Å². The molecule has 21 heavy (non-hydrogen) atoms. The van der Waals surface area contributed by atoms with E-state index in [9.17, 15) is 13.2 Å². The topological polar surface area (TPSA) is 84.3 Å². The summed E-state index contributed by atoms with van der Waals surface area (Å²) in [5.74, 6) is -1.57. The minimum atomic E-state index is -3.78. The number of rotatable bonds is 4. The highest BCUT2D eigenvalue weighted by atomic mass is 79.9. The molecule has 5 nitrogen and oxygen atoms in total. The van der Waals surface area contributed by atoms with Crippen molar-refractivity contribution in [3.63, 3.8) is 0 Å². The Kier molecular flexibility index (Phi) is 4.50. The zero-order valence-corrected chi connectivity index (χ0v) is 14.5. The van der Waals surface area contributed by atoms with Crippen LogP contribution >= 0.6 is 27.3 Å². The highest BCUT2D eigenvalue weighted by Crippen LogP contribution is 2.26. The molecule has 8 heteroatoms. The third-order valence-electron chi connectivity index (χ3n) is 2.90. The van der Waals surface area contributed by atoms with Crippen molar-refractivity contribution in [3.05, 3.63) is 43.8 Å². The molecule has 0 fully saturated rings. The summed E-state index contributed by atoms with van der Waals surface area (Å²) in [6.45, 7) is 3.68. The summed E-state index contributed by atoms with van der Waals surface area (Å²) in [6.07, 6.45) is 0. The largest absolute Gasteiger partial charge is 0.478 e. The van der Waals surface area contributed by atoms with Crippen LogP contribution in [0, 0.1) is 13.8 Å². The van der Waals surface area contributed by atoms with Gasteiger partial charge >= 0.3 is 5.97 Å². The molecule has 0 aliphatic carbocycles. The van der Waals surface area contributed by atoms with Gasteiger partial charge in [0.2, 0.25) is 0 Å². The molecule has 0 amide bonds. The number of aryl methyl sites for hydroxylation is 2. The monoisotopic (exact) mass is 389 g/mol.